The van der Waals surface area contributed by atoms with Gasteiger partial charge in [-0.15, -0.1) is 0 Å². The molecule has 0 spiro atoms. The molecule has 2 aromatic rings. The Hall–Kier alpha value is -2.82. The van der Waals surface area contributed by atoms with Gasteiger partial charge in [0.05, 0.1) is 12.7 Å². The van der Waals surface area contributed by atoms with E-state index in [2.05, 4.69) is 4.57 Å². The molecule has 0 saturated heterocycles. The van der Waals surface area contributed by atoms with Crippen molar-refractivity contribution in [3.05, 3.63) is 53.8 Å². The third kappa shape index (κ3) is 3.36. The number of benzene rings is 1. The van der Waals surface area contributed by atoms with Gasteiger partial charge in [0.1, 0.15) is 5.75 Å². The molecule has 0 bridgehead atoms. The fraction of sp³-hybridized carbons (Fsp3) is 0.300. The van der Waals surface area contributed by atoms with Crippen molar-refractivity contribution in [1.82, 2.24) is 4.57 Å². The highest BCUT2D eigenvalue weighted by Gasteiger charge is 2.30. The van der Waals surface area contributed by atoms with Gasteiger partial charge in [0.15, 0.2) is 0 Å². The molecule has 25 heavy (non-hydrogen) atoms. The van der Waals surface area contributed by atoms with Crippen molar-refractivity contribution >= 4 is 22.8 Å². The molecule has 5 heteroatoms. The van der Waals surface area contributed by atoms with Crippen LogP contribution in [0.15, 0.2) is 42.5 Å². The summed E-state index contributed by atoms with van der Waals surface area (Å²) in [5.41, 5.74) is 2.39. The monoisotopic (exact) mass is 339 g/mol. The van der Waals surface area contributed by atoms with Crippen LogP contribution in [-0.4, -0.2) is 23.6 Å². The van der Waals surface area contributed by atoms with Gasteiger partial charge < -0.3 is 14.0 Å². The molecule has 1 fully saturated rings. The van der Waals surface area contributed by atoms with Crippen LogP contribution in [0.5, 0.6) is 5.75 Å². The molecule has 0 amide bonds. The summed E-state index contributed by atoms with van der Waals surface area (Å²) in [4.78, 5) is 24.1. The van der Waals surface area contributed by atoms with Gasteiger partial charge in [-0.05, 0) is 44.9 Å². The molecule has 0 unspecified atom stereocenters. The molecule has 5 nitrogen and oxygen atoms in total. The van der Waals surface area contributed by atoms with Gasteiger partial charge in [0.25, 0.3) is 0 Å². The Bertz CT molecular complexity index is 885. The van der Waals surface area contributed by atoms with Crippen LogP contribution in [0.1, 0.15) is 41.9 Å². The zero-order valence-corrected chi connectivity index (χ0v) is 14.6. The van der Waals surface area contributed by atoms with Crippen LogP contribution >= 0.6 is 0 Å². The van der Waals surface area contributed by atoms with Crippen molar-refractivity contribution in [1.29, 1.82) is 0 Å². The van der Waals surface area contributed by atoms with E-state index in [1.807, 2.05) is 26.0 Å². The number of aromatic nitrogens is 1. The first-order valence-electron chi connectivity index (χ1n) is 8.30. The Morgan fingerprint density at radius 2 is 2.00 bits per heavy atom. The molecule has 1 aromatic heterocycles. The van der Waals surface area contributed by atoms with E-state index < -0.39 is 5.97 Å². The highest BCUT2D eigenvalue weighted by atomic mass is 16.5. The van der Waals surface area contributed by atoms with Gasteiger partial charge in [-0.25, -0.2) is 9.59 Å². The lowest BCUT2D eigenvalue weighted by atomic mass is 10.1. The molecule has 0 atom stereocenters. The Balaban J connectivity index is 2.01. The largest absolute Gasteiger partial charge is 0.465 e. The van der Waals surface area contributed by atoms with E-state index in [1.165, 1.54) is 13.2 Å². The van der Waals surface area contributed by atoms with Gasteiger partial charge in [-0.3, -0.25) is 0 Å². The molecule has 1 aliphatic rings. The van der Waals surface area contributed by atoms with Gasteiger partial charge >= 0.3 is 11.9 Å². The fourth-order valence-electron chi connectivity index (χ4n) is 3.04. The number of allylic oxidation sites excluding steroid dienone is 3. The number of carbonyl (C=O) groups is 2. The number of hydrogen-bond donors (Lipinski definition) is 0. The van der Waals surface area contributed by atoms with Crippen LogP contribution in [0.2, 0.25) is 0 Å². The summed E-state index contributed by atoms with van der Waals surface area (Å²) in [5, 5.41) is 0.749. The lowest BCUT2D eigenvalue weighted by molar-refractivity contribution is -0.128. The van der Waals surface area contributed by atoms with E-state index in [0.29, 0.717) is 17.4 Å². The molecular weight excluding hydrogens is 318 g/mol. The molecule has 130 valence electrons. The maximum absolute atomic E-state index is 12.3. The van der Waals surface area contributed by atoms with Crippen molar-refractivity contribution in [2.24, 2.45) is 0 Å². The molecule has 1 heterocycles. The number of ether oxygens (including phenoxy) is 2. The number of methoxy groups -OCH3 is 1. The fourth-order valence-corrected chi connectivity index (χ4v) is 3.04. The number of fused-ring (bicyclic) bond motifs is 1. The third-order valence-electron chi connectivity index (χ3n) is 4.28. The van der Waals surface area contributed by atoms with Crippen LogP contribution in [0.3, 0.4) is 0 Å². The van der Waals surface area contributed by atoms with E-state index in [1.54, 1.807) is 24.3 Å². The smallest absolute Gasteiger partial charge is 0.340 e. The molecule has 0 N–H and O–H groups in total. The average molecular weight is 339 g/mol. The van der Waals surface area contributed by atoms with Crippen LogP contribution in [0.25, 0.3) is 10.9 Å². The van der Waals surface area contributed by atoms with Crippen LogP contribution in [0, 0.1) is 6.92 Å². The number of carbonyl (C=O) groups excluding carboxylic acids is 2. The highest BCUT2D eigenvalue weighted by molar-refractivity contribution is 6.06. The van der Waals surface area contributed by atoms with Crippen molar-refractivity contribution in [2.45, 2.75) is 32.7 Å². The summed E-state index contributed by atoms with van der Waals surface area (Å²) < 4.78 is 12.5. The van der Waals surface area contributed by atoms with Crippen molar-refractivity contribution < 1.29 is 19.1 Å². The van der Waals surface area contributed by atoms with E-state index in [9.17, 15) is 9.59 Å². The summed E-state index contributed by atoms with van der Waals surface area (Å²) in [6.07, 6.45) is 8.76. The number of nitrogens with zero attached hydrogens (tertiary/aromatic N) is 1. The van der Waals surface area contributed by atoms with Gasteiger partial charge in [-0.2, -0.15) is 0 Å². The van der Waals surface area contributed by atoms with Gasteiger partial charge in [0.2, 0.25) is 0 Å². The second-order valence-corrected chi connectivity index (χ2v) is 6.04. The zero-order chi connectivity index (χ0) is 18.0. The van der Waals surface area contributed by atoms with Crippen molar-refractivity contribution in [3.63, 3.8) is 0 Å². The van der Waals surface area contributed by atoms with E-state index in [-0.39, 0.29) is 5.97 Å². The van der Waals surface area contributed by atoms with Crippen molar-refractivity contribution in [2.75, 3.05) is 7.11 Å². The topological polar surface area (TPSA) is 57.5 Å². The number of esters is 2. The number of rotatable bonds is 5. The first-order chi connectivity index (χ1) is 12.1. The normalized spacial score (nSPS) is 14.5. The molecule has 0 radical (unpaired) electrons. The lowest BCUT2D eigenvalue weighted by Gasteiger charge is -2.06. The molecule has 1 aliphatic carbocycles. The minimum absolute atomic E-state index is 0.377. The zero-order valence-electron chi connectivity index (χ0n) is 14.6. The Labute approximate surface area is 146 Å². The summed E-state index contributed by atoms with van der Waals surface area (Å²) in [5.74, 6) is -0.436. The minimum atomic E-state index is -0.463. The molecule has 1 aromatic carbocycles. The number of hydrogen-bond acceptors (Lipinski definition) is 4. The SMILES string of the molecule is C/C=C/C=C/C(=O)Oc1ccc2c(c1)c(C(=O)OC)c(C)n2C1CC1. The van der Waals surface area contributed by atoms with Crippen LogP contribution in [-0.2, 0) is 9.53 Å². The Morgan fingerprint density at radius 3 is 2.64 bits per heavy atom. The Morgan fingerprint density at radius 1 is 1.24 bits per heavy atom. The predicted octanol–water partition coefficient (Wildman–Crippen LogP) is 4.11. The maximum atomic E-state index is 12.3. The molecule has 3 rings (SSSR count). The predicted molar refractivity (Wildman–Crippen MR) is 95.9 cm³/mol. The average Bonchev–Trinajstić information content (AvgIpc) is 3.38. The standard InChI is InChI=1S/C20H21NO4/c1-4-5-6-7-18(22)25-15-10-11-17-16(12-15)19(20(23)24-3)13(2)21(17)14-8-9-14/h4-7,10-12,14H,8-9H2,1-3H3/b5-4+,7-6+. The maximum Gasteiger partial charge on any atom is 0.340 e. The van der Waals surface area contributed by atoms with E-state index >= 15 is 0 Å². The van der Waals surface area contributed by atoms with E-state index in [4.69, 9.17) is 9.47 Å². The van der Waals surface area contributed by atoms with E-state index in [0.717, 1.165) is 29.4 Å². The first kappa shape index (κ1) is 17.0. The second-order valence-electron chi connectivity index (χ2n) is 6.04. The Kier molecular flexibility index (Phi) is 4.74. The lowest BCUT2D eigenvalue weighted by Crippen LogP contribution is -2.05. The van der Waals surface area contributed by atoms with Crippen molar-refractivity contribution in [3.8, 4) is 5.75 Å². The first-order valence-corrected chi connectivity index (χ1v) is 8.30. The summed E-state index contributed by atoms with van der Waals surface area (Å²) in [7, 11) is 1.37. The third-order valence-corrected chi connectivity index (χ3v) is 4.28. The molecule has 0 aliphatic heterocycles. The minimum Gasteiger partial charge on any atom is -0.465 e. The highest BCUT2D eigenvalue weighted by Crippen LogP contribution is 2.42. The second kappa shape index (κ2) is 6.97. The molecule has 1 saturated carbocycles. The van der Waals surface area contributed by atoms with Crippen LogP contribution < -0.4 is 4.74 Å². The summed E-state index contributed by atoms with van der Waals surface area (Å²) in [6, 6.07) is 5.81. The quantitative estimate of drug-likeness (QED) is 0.356. The summed E-state index contributed by atoms with van der Waals surface area (Å²) in [6.45, 7) is 3.79. The van der Waals surface area contributed by atoms with Crippen LogP contribution in [0.4, 0.5) is 0 Å². The summed E-state index contributed by atoms with van der Waals surface area (Å²) >= 11 is 0. The molecular formula is C20H21NO4. The van der Waals surface area contributed by atoms with Gasteiger partial charge in [-0.1, -0.05) is 18.2 Å². The van der Waals surface area contributed by atoms with Gasteiger partial charge in [0, 0.05) is 28.7 Å².